The molecule has 1 heterocycles. The Hall–Kier alpha value is -2.56. The van der Waals surface area contributed by atoms with Crippen LogP contribution in [-0.2, 0) is 6.42 Å². The number of aryl methyl sites for hydroxylation is 2. The topological polar surface area (TPSA) is 79.5 Å². The fourth-order valence-corrected chi connectivity index (χ4v) is 2.09. The largest absolute Gasteiger partial charge is 0.478 e. The molecule has 21 heavy (non-hydrogen) atoms. The summed E-state index contributed by atoms with van der Waals surface area (Å²) in [4.78, 5) is 22.7. The van der Waals surface area contributed by atoms with E-state index in [-0.39, 0.29) is 11.5 Å². The van der Waals surface area contributed by atoms with Crippen molar-refractivity contribution < 1.29 is 19.1 Å². The molecule has 0 unspecified atom stereocenters. The standard InChI is InChI=1S/C16H17NO4/c1-10-9-14(11(2)21-10)15(18)17-8-7-12-3-5-13(6-4-12)16(19)20/h3-6,9H,7-8H2,1-2H3,(H,17,18)(H,19,20). The van der Waals surface area contributed by atoms with E-state index in [2.05, 4.69) is 5.32 Å². The molecule has 1 aromatic heterocycles. The van der Waals surface area contributed by atoms with Crippen molar-refractivity contribution in [2.24, 2.45) is 0 Å². The fraction of sp³-hybridized carbons (Fsp3) is 0.250. The molecule has 0 aliphatic heterocycles. The number of aromatic carboxylic acids is 1. The van der Waals surface area contributed by atoms with Crippen LogP contribution >= 0.6 is 0 Å². The molecule has 1 amide bonds. The summed E-state index contributed by atoms with van der Waals surface area (Å²) in [6, 6.07) is 8.34. The van der Waals surface area contributed by atoms with Crippen LogP contribution in [-0.4, -0.2) is 23.5 Å². The van der Waals surface area contributed by atoms with Gasteiger partial charge in [0, 0.05) is 6.54 Å². The molecule has 0 atom stereocenters. The highest BCUT2D eigenvalue weighted by atomic mass is 16.4. The Balaban J connectivity index is 1.88. The van der Waals surface area contributed by atoms with Crippen LogP contribution in [0.4, 0.5) is 0 Å². The van der Waals surface area contributed by atoms with Crippen molar-refractivity contribution in [1.29, 1.82) is 0 Å². The average Bonchev–Trinajstić information content (AvgIpc) is 2.78. The smallest absolute Gasteiger partial charge is 0.335 e. The van der Waals surface area contributed by atoms with Crippen molar-refractivity contribution >= 4 is 11.9 Å². The van der Waals surface area contributed by atoms with Crippen LogP contribution in [0, 0.1) is 13.8 Å². The van der Waals surface area contributed by atoms with E-state index < -0.39 is 5.97 Å². The van der Waals surface area contributed by atoms with Crippen molar-refractivity contribution in [3.05, 3.63) is 58.5 Å². The van der Waals surface area contributed by atoms with Crippen LogP contribution < -0.4 is 5.32 Å². The van der Waals surface area contributed by atoms with Crippen molar-refractivity contribution in [2.75, 3.05) is 6.54 Å². The third-order valence-electron chi connectivity index (χ3n) is 3.19. The highest BCUT2D eigenvalue weighted by molar-refractivity contribution is 5.95. The van der Waals surface area contributed by atoms with Gasteiger partial charge in [-0.05, 0) is 44.0 Å². The molecule has 0 fully saturated rings. The zero-order valence-corrected chi connectivity index (χ0v) is 12.0. The Morgan fingerprint density at radius 1 is 1.19 bits per heavy atom. The summed E-state index contributed by atoms with van der Waals surface area (Å²) in [7, 11) is 0. The van der Waals surface area contributed by atoms with Gasteiger partial charge in [-0.1, -0.05) is 12.1 Å². The average molecular weight is 287 g/mol. The lowest BCUT2D eigenvalue weighted by Crippen LogP contribution is -2.25. The van der Waals surface area contributed by atoms with E-state index >= 15 is 0 Å². The van der Waals surface area contributed by atoms with Gasteiger partial charge in [-0.3, -0.25) is 4.79 Å². The maximum atomic E-state index is 12.0. The number of carboxylic acid groups (broad SMARTS) is 1. The van der Waals surface area contributed by atoms with Gasteiger partial charge >= 0.3 is 5.97 Å². The summed E-state index contributed by atoms with van der Waals surface area (Å²) in [5.41, 5.74) is 1.78. The number of carbonyl (C=O) groups is 2. The third-order valence-corrected chi connectivity index (χ3v) is 3.19. The maximum absolute atomic E-state index is 12.0. The number of carboxylic acids is 1. The van der Waals surface area contributed by atoms with Gasteiger partial charge in [-0.25, -0.2) is 4.79 Å². The third kappa shape index (κ3) is 3.72. The molecule has 0 spiro atoms. The lowest BCUT2D eigenvalue weighted by Gasteiger charge is -2.05. The summed E-state index contributed by atoms with van der Waals surface area (Å²) in [6.45, 7) is 4.04. The summed E-state index contributed by atoms with van der Waals surface area (Å²) in [5.74, 6) is 0.213. The number of rotatable bonds is 5. The summed E-state index contributed by atoms with van der Waals surface area (Å²) in [6.07, 6.45) is 0.640. The normalized spacial score (nSPS) is 10.4. The van der Waals surface area contributed by atoms with Crippen LogP contribution in [0.5, 0.6) is 0 Å². The number of amides is 1. The Bertz CT molecular complexity index is 655. The molecule has 0 saturated heterocycles. The molecule has 2 rings (SSSR count). The van der Waals surface area contributed by atoms with E-state index in [0.29, 0.717) is 30.0 Å². The minimum atomic E-state index is -0.944. The second-order valence-corrected chi connectivity index (χ2v) is 4.83. The van der Waals surface area contributed by atoms with Gasteiger partial charge < -0.3 is 14.8 Å². The van der Waals surface area contributed by atoms with Crippen LogP contribution in [0.1, 0.15) is 37.8 Å². The van der Waals surface area contributed by atoms with Crippen LogP contribution in [0.2, 0.25) is 0 Å². The summed E-state index contributed by atoms with van der Waals surface area (Å²) >= 11 is 0. The number of hydrogen-bond donors (Lipinski definition) is 2. The van der Waals surface area contributed by atoms with Crippen molar-refractivity contribution in [3.8, 4) is 0 Å². The Morgan fingerprint density at radius 3 is 2.38 bits per heavy atom. The molecular weight excluding hydrogens is 270 g/mol. The van der Waals surface area contributed by atoms with Crippen molar-refractivity contribution in [3.63, 3.8) is 0 Å². The first-order valence-electron chi connectivity index (χ1n) is 6.65. The minimum absolute atomic E-state index is 0.161. The highest BCUT2D eigenvalue weighted by Gasteiger charge is 2.12. The maximum Gasteiger partial charge on any atom is 0.335 e. The van der Waals surface area contributed by atoms with Gasteiger partial charge in [0.15, 0.2) is 0 Å². The zero-order valence-electron chi connectivity index (χ0n) is 12.0. The fourth-order valence-electron chi connectivity index (χ4n) is 2.09. The molecule has 5 heteroatoms. The van der Waals surface area contributed by atoms with Gasteiger partial charge in [0.2, 0.25) is 0 Å². The van der Waals surface area contributed by atoms with E-state index in [1.807, 2.05) is 0 Å². The number of benzene rings is 1. The van der Waals surface area contributed by atoms with Gasteiger partial charge in [0.25, 0.3) is 5.91 Å². The molecule has 0 saturated carbocycles. The SMILES string of the molecule is Cc1cc(C(=O)NCCc2ccc(C(=O)O)cc2)c(C)o1. The number of carbonyl (C=O) groups excluding carboxylic acids is 1. The second kappa shape index (κ2) is 6.26. The molecule has 1 aromatic carbocycles. The molecule has 2 N–H and O–H groups in total. The molecular formula is C16H17NO4. The van der Waals surface area contributed by atoms with Gasteiger partial charge in [-0.2, -0.15) is 0 Å². The molecule has 110 valence electrons. The first kappa shape index (κ1) is 14.8. The molecule has 0 radical (unpaired) electrons. The summed E-state index contributed by atoms with van der Waals surface area (Å²) in [5, 5.41) is 11.6. The first-order chi connectivity index (χ1) is 9.97. The predicted octanol–water partition coefficient (Wildman–Crippen LogP) is 2.57. The molecule has 2 aromatic rings. The minimum Gasteiger partial charge on any atom is -0.478 e. The lowest BCUT2D eigenvalue weighted by molar-refractivity contribution is 0.0696. The van der Waals surface area contributed by atoms with Crippen molar-refractivity contribution in [1.82, 2.24) is 5.32 Å². The van der Waals surface area contributed by atoms with Crippen LogP contribution in [0.3, 0.4) is 0 Å². The zero-order chi connectivity index (χ0) is 15.4. The molecule has 0 aliphatic rings. The van der Waals surface area contributed by atoms with Gasteiger partial charge in [-0.15, -0.1) is 0 Å². The molecule has 0 aliphatic carbocycles. The van der Waals surface area contributed by atoms with Crippen LogP contribution in [0.25, 0.3) is 0 Å². The Labute approximate surface area is 122 Å². The van der Waals surface area contributed by atoms with Gasteiger partial charge in [0.1, 0.15) is 11.5 Å². The number of furan rings is 1. The van der Waals surface area contributed by atoms with E-state index in [4.69, 9.17) is 9.52 Å². The van der Waals surface area contributed by atoms with Gasteiger partial charge in [0.05, 0.1) is 11.1 Å². The van der Waals surface area contributed by atoms with Crippen LogP contribution in [0.15, 0.2) is 34.7 Å². The Kier molecular flexibility index (Phi) is 4.42. The number of hydrogen-bond acceptors (Lipinski definition) is 3. The predicted molar refractivity (Wildman–Crippen MR) is 77.6 cm³/mol. The van der Waals surface area contributed by atoms with E-state index in [9.17, 15) is 9.59 Å². The quantitative estimate of drug-likeness (QED) is 0.885. The number of nitrogens with one attached hydrogen (secondary N) is 1. The summed E-state index contributed by atoms with van der Waals surface area (Å²) < 4.78 is 5.32. The lowest BCUT2D eigenvalue weighted by atomic mass is 10.1. The second-order valence-electron chi connectivity index (χ2n) is 4.83. The van der Waals surface area contributed by atoms with E-state index in [0.717, 1.165) is 5.56 Å². The van der Waals surface area contributed by atoms with Crippen molar-refractivity contribution in [2.45, 2.75) is 20.3 Å². The molecule has 5 nitrogen and oxygen atoms in total. The molecule has 0 bridgehead atoms. The Morgan fingerprint density at radius 2 is 1.86 bits per heavy atom. The first-order valence-corrected chi connectivity index (χ1v) is 6.65. The monoisotopic (exact) mass is 287 g/mol. The highest BCUT2D eigenvalue weighted by Crippen LogP contribution is 2.13. The van der Waals surface area contributed by atoms with E-state index in [1.165, 1.54) is 0 Å². The van der Waals surface area contributed by atoms with E-state index in [1.54, 1.807) is 44.2 Å².